The molecule has 0 saturated carbocycles. The first-order valence-corrected chi connectivity index (χ1v) is 8.01. The number of alkyl halides is 1. The van der Waals surface area contributed by atoms with Gasteiger partial charge in [-0.1, -0.05) is 23.7 Å². The Balaban J connectivity index is 1.83. The molecule has 0 fully saturated rings. The van der Waals surface area contributed by atoms with Crippen LogP contribution in [0.4, 0.5) is 0 Å². The van der Waals surface area contributed by atoms with Crippen LogP contribution in [0.3, 0.4) is 0 Å². The van der Waals surface area contributed by atoms with Gasteiger partial charge in [-0.3, -0.25) is 5.43 Å². The Morgan fingerprint density at radius 1 is 0.957 bits per heavy atom. The molecule has 0 heterocycles. The second kappa shape index (κ2) is 8.99. The Morgan fingerprint density at radius 3 is 2.13 bits per heavy atom. The van der Waals surface area contributed by atoms with Crippen molar-refractivity contribution < 1.29 is 9.47 Å². The molecule has 0 bridgehead atoms. The normalized spacial score (nSPS) is 12.0. The minimum atomic E-state index is -0.233. The minimum absolute atomic E-state index is 0.233. The first-order valence-electron chi connectivity index (χ1n) is 7.19. The maximum absolute atomic E-state index is 6.28. The summed E-state index contributed by atoms with van der Waals surface area (Å²) in [7, 11) is 3.26. The Morgan fingerprint density at radius 2 is 1.57 bits per heavy atom. The fraction of sp³-hybridized carbons (Fsp3) is 0.294. The summed E-state index contributed by atoms with van der Waals surface area (Å²) in [6.45, 7) is 0.595. The van der Waals surface area contributed by atoms with Crippen molar-refractivity contribution in [2.45, 2.75) is 18.5 Å². The van der Waals surface area contributed by atoms with E-state index in [-0.39, 0.29) is 5.50 Å². The van der Waals surface area contributed by atoms with Gasteiger partial charge in [0.15, 0.2) is 0 Å². The van der Waals surface area contributed by atoms with E-state index in [4.69, 9.17) is 32.7 Å². The number of rotatable bonds is 8. The van der Waals surface area contributed by atoms with Crippen molar-refractivity contribution in [1.82, 2.24) is 10.9 Å². The second-order valence-corrected chi connectivity index (χ2v) is 5.98. The lowest BCUT2D eigenvalue weighted by molar-refractivity contribution is 0.392. The van der Waals surface area contributed by atoms with Gasteiger partial charge in [0.05, 0.1) is 19.7 Å². The lowest BCUT2D eigenvalue weighted by Gasteiger charge is -2.14. The van der Waals surface area contributed by atoms with E-state index in [1.165, 1.54) is 0 Å². The van der Waals surface area contributed by atoms with Crippen LogP contribution in [0.2, 0.25) is 5.02 Å². The predicted octanol–water partition coefficient (Wildman–Crippen LogP) is 3.76. The number of hydrogen-bond acceptors (Lipinski definition) is 4. The summed E-state index contributed by atoms with van der Waals surface area (Å²) in [6, 6.07) is 13.4. The number of ether oxygens (including phenoxy) is 2. The van der Waals surface area contributed by atoms with Gasteiger partial charge in [-0.05, 0) is 35.4 Å². The van der Waals surface area contributed by atoms with Crippen LogP contribution in [0.5, 0.6) is 11.5 Å². The molecular formula is C17H20Cl2N2O2. The highest BCUT2D eigenvalue weighted by Crippen LogP contribution is 2.22. The Hall–Kier alpha value is -1.46. The summed E-state index contributed by atoms with van der Waals surface area (Å²) in [5.74, 6) is 1.51. The van der Waals surface area contributed by atoms with Crippen LogP contribution in [-0.4, -0.2) is 19.7 Å². The molecule has 0 aliphatic rings. The topological polar surface area (TPSA) is 42.5 Å². The monoisotopic (exact) mass is 354 g/mol. The molecule has 0 spiro atoms. The Labute approximate surface area is 146 Å². The Bertz CT molecular complexity index is 598. The zero-order valence-electron chi connectivity index (χ0n) is 13.1. The molecule has 2 N–H and O–H groups in total. The molecule has 6 heteroatoms. The fourth-order valence-corrected chi connectivity index (χ4v) is 2.49. The van der Waals surface area contributed by atoms with E-state index in [1.807, 2.05) is 42.5 Å². The summed E-state index contributed by atoms with van der Waals surface area (Å²) < 4.78 is 10.5. The van der Waals surface area contributed by atoms with Crippen molar-refractivity contribution in [3.8, 4) is 11.5 Å². The number of halogens is 2. The van der Waals surface area contributed by atoms with Crippen molar-refractivity contribution in [2.24, 2.45) is 0 Å². The molecule has 0 aliphatic heterocycles. The third-order valence-electron chi connectivity index (χ3n) is 3.29. The zero-order chi connectivity index (χ0) is 16.7. The summed E-state index contributed by atoms with van der Waals surface area (Å²) in [6.07, 6.45) is 0.688. The number of hydrogen-bond donors (Lipinski definition) is 2. The third kappa shape index (κ3) is 5.92. The molecule has 1 atom stereocenters. The predicted molar refractivity (Wildman–Crippen MR) is 94.3 cm³/mol. The molecule has 2 aromatic rings. The molecule has 0 amide bonds. The third-order valence-corrected chi connectivity index (χ3v) is 3.81. The first kappa shape index (κ1) is 17.9. The minimum Gasteiger partial charge on any atom is -0.497 e. The molecule has 124 valence electrons. The van der Waals surface area contributed by atoms with Crippen LogP contribution in [0.1, 0.15) is 11.1 Å². The van der Waals surface area contributed by atoms with Crippen molar-refractivity contribution >= 4 is 23.2 Å². The highest BCUT2D eigenvalue weighted by atomic mass is 35.5. The molecule has 4 nitrogen and oxygen atoms in total. The van der Waals surface area contributed by atoms with E-state index in [9.17, 15) is 0 Å². The smallest absolute Gasteiger partial charge is 0.122 e. The van der Waals surface area contributed by atoms with Crippen molar-refractivity contribution in [3.05, 3.63) is 58.6 Å². The Kier molecular flexibility index (Phi) is 6.99. The number of benzene rings is 2. The van der Waals surface area contributed by atoms with E-state index < -0.39 is 0 Å². The maximum Gasteiger partial charge on any atom is 0.122 e. The van der Waals surface area contributed by atoms with Crippen LogP contribution in [-0.2, 0) is 13.0 Å². The average molecular weight is 355 g/mol. The lowest BCUT2D eigenvalue weighted by Crippen LogP contribution is -2.38. The van der Waals surface area contributed by atoms with Gasteiger partial charge >= 0.3 is 0 Å². The van der Waals surface area contributed by atoms with Crippen molar-refractivity contribution in [2.75, 3.05) is 14.2 Å². The molecule has 0 radical (unpaired) electrons. The summed E-state index contributed by atoms with van der Waals surface area (Å²) in [5, 5.41) is 0.720. The molecule has 23 heavy (non-hydrogen) atoms. The van der Waals surface area contributed by atoms with Crippen LogP contribution >= 0.6 is 23.2 Å². The van der Waals surface area contributed by atoms with E-state index in [2.05, 4.69) is 10.9 Å². The van der Waals surface area contributed by atoms with Gasteiger partial charge in [0, 0.05) is 24.1 Å². The van der Waals surface area contributed by atoms with Crippen molar-refractivity contribution in [3.63, 3.8) is 0 Å². The maximum atomic E-state index is 6.28. The van der Waals surface area contributed by atoms with Crippen LogP contribution in [0, 0.1) is 0 Å². The van der Waals surface area contributed by atoms with E-state index >= 15 is 0 Å². The highest BCUT2D eigenvalue weighted by Gasteiger charge is 2.06. The van der Waals surface area contributed by atoms with E-state index in [0.29, 0.717) is 13.0 Å². The largest absolute Gasteiger partial charge is 0.497 e. The average Bonchev–Trinajstić information content (AvgIpc) is 2.56. The number of nitrogens with one attached hydrogen (secondary N) is 2. The van der Waals surface area contributed by atoms with Gasteiger partial charge in [0.1, 0.15) is 11.5 Å². The molecule has 0 saturated heterocycles. The van der Waals surface area contributed by atoms with E-state index in [1.54, 1.807) is 14.2 Å². The van der Waals surface area contributed by atoms with Crippen LogP contribution in [0.25, 0.3) is 0 Å². The van der Waals surface area contributed by atoms with Crippen molar-refractivity contribution in [1.29, 1.82) is 0 Å². The van der Waals surface area contributed by atoms with E-state index in [0.717, 1.165) is 27.6 Å². The molecule has 2 rings (SSSR count). The van der Waals surface area contributed by atoms with Gasteiger partial charge in [-0.25, -0.2) is 5.43 Å². The quantitative estimate of drug-likeness (QED) is 0.430. The summed E-state index contributed by atoms with van der Waals surface area (Å²) >= 11 is 12.2. The van der Waals surface area contributed by atoms with Gasteiger partial charge in [-0.15, -0.1) is 11.6 Å². The summed E-state index contributed by atoms with van der Waals surface area (Å²) in [4.78, 5) is 0. The number of methoxy groups -OCH3 is 2. The SMILES string of the molecule is COc1cc(CNNC(Cl)Cc2ccc(Cl)cc2)cc(OC)c1. The molecule has 0 aromatic heterocycles. The van der Waals surface area contributed by atoms with Crippen LogP contribution < -0.4 is 20.3 Å². The zero-order valence-corrected chi connectivity index (χ0v) is 14.6. The van der Waals surface area contributed by atoms with Gasteiger partial charge in [0.25, 0.3) is 0 Å². The molecule has 0 aliphatic carbocycles. The molecule has 1 unspecified atom stereocenters. The lowest BCUT2D eigenvalue weighted by atomic mass is 10.1. The number of hydrazine groups is 1. The van der Waals surface area contributed by atoms with Crippen LogP contribution in [0.15, 0.2) is 42.5 Å². The second-order valence-electron chi connectivity index (χ2n) is 5.02. The molecule has 2 aromatic carbocycles. The van der Waals surface area contributed by atoms with Gasteiger partial charge in [-0.2, -0.15) is 0 Å². The standard InChI is InChI=1S/C17H20Cl2N2O2/c1-22-15-7-13(8-16(10-15)23-2)11-20-21-17(19)9-12-3-5-14(18)6-4-12/h3-8,10,17,20-21H,9,11H2,1-2H3. The van der Waals surface area contributed by atoms with Gasteiger partial charge < -0.3 is 9.47 Å². The highest BCUT2D eigenvalue weighted by molar-refractivity contribution is 6.30. The first-order chi connectivity index (χ1) is 11.1. The fourth-order valence-electron chi connectivity index (χ4n) is 2.11. The molecular weight excluding hydrogens is 335 g/mol. The van der Waals surface area contributed by atoms with Gasteiger partial charge in [0.2, 0.25) is 0 Å². The summed E-state index contributed by atoms with van der Waals surface area (Å²) in [5.41, 5.74) is 8.10.